The van der Waals surface area contributed by atoms with Crippen LogP contribution in [0.25, 0.3) is 11.5 Å². The number of ether oxygens (including phenoxy) is 1. The maximum absolute atomic E-state index is 13.5. The molecule has 0 saturated carbocycles. The van der Waals surface area contributed by atoms with Crippen molar-refractivity contribution in [1.82, 2.24) is 15.5 Å². The Morgan fingerprint density at radius 3 is 3.11 bits per heavy atom. The first kappa shape index (κ1) is 12.7. The van der Waals surface area contributed by atoms with Gasteiger partial charge in [0, 0.05) is 6.54 Å². The number of hydrogen-bond acceptors (Lipinski definition) is 5. The van der Waals surface area contributed by atoms with Gasteiger partial charge >= 0.3 is 0 Å². The van der Waals surface area contributed by atoms with Crippen LogP contribution < -0.4 is 5.32 Å². The summed E-state index contributed by atoms with van der Waals surface area (Å²) in [7, 11) is 0. The molecule has 3 rings (SSSR count). The lowest BCUT2D eigenvalue weighted by molar-refractivity contribution is 0.0734. The van der Waals surface area contributed by atoms with Gasteiger partial charge in [-0.05, 0) is 28.1 Å². The largest absolute Gasteiger partial charge is 0.378 e. The Bertz CT molecular complexity index is 584. The maximum atomic E-state index is 13.5. The van der Waals surface area contributed by atoms with Gasteiger partial charge in [0.15, 0.2) is 5.82 Å². The van der Waals surface area contributed by atoms with Gasteiger partial charge in [-0.15, -0.1) is 0 Å². The van der Waals surface area contributed by atoms with E-state index in [1.54, 1.807) is 12.1 Å². The zero-order valence-electron chi connectivity index (χ0n) is 9.90. The molecule has 1 aromatic carbocycles. The van der Waals surface area contributed by atoms with E-state index in [1.165, 1.54) is 6.07 Å². The third kappa shape index (κ3) is 2.54. The van der Waals surface area contributed by atoms with Crippen LogP contribution in [0.5, 0.6) is 0 Å². The highest BCUT2D eigenvalue weighted by molar-refractivity contribution is 9.10. The molecule has 2 heterocycles. The average molecular weight is 328 g/mol. The fraction of sp³-hybridized carbons (Fsp3) is 0.333. The van der Waals surface area contributed by atoms with Crippen LogP contribution in [0.3, 0.4) is 0 Å². The van der Waals surface area contributed by atoms with Crippen LogP contribution in [0.4, 0.5) is 4.39 Å². The van der Waals surface area contributed by atoms with Crippen molar-refractivity contribution in [3.8, 4) is 11.5 Å². The summed E-state index contributed by atoms with van der Waals surface area (Å²) in [5, 5.41) is 7.15. The number of halogens is 2. The molecule has 2 aromatic rings. The van der Waals surface area contributed by atoms with Gasteiger partial charge < -0.3 is 14.6 Å². The van der Waals surface area contributed by atoms with Crippen LogP contribution in [0.1, 0.15) is 11.9 Å². The summed E-state index contributed by atoms with van der Waals surface area (Å²) in [5.74, 6) is 0.441. The molecule has 1 aliphatic heterocycles. The molecule has 5 nitrogen and oxygen atoms in total. The number of nitrogens with one attached hydrogen (secondary N) is 1. The van der Waals surface area contributed by atoms with Crippen LogP contribution in [0, 0.1) is 5.82 Å². The predicted octanol–water partition coefficient (Wildman–Crippen LogP) is 2.30. The van der Waals surface area contributed by atoms with E-state index in [0.29, 0.717) is 29.1 Å². The highest BCUT2D eigenvalue weighted by atomic mass is 79.9. The minimum Gasteiger partial charge on any atom is -0.378 e. The number of hydrogen-bond donors (Lipinski definition) is 1. The lowest BCUT2D eigenvalue weighted by Crippen LogP contribution is -2.35. The molecule has 1 aromatic heterocycles. The van der Waals surface area contributed by atoms with Crippen molar-refractivity contribution in [2.24, 2.45) is 0 Å². The normalized spacial score (nSPS) is 19.6. The molecule has 1 unspecified atom stereocenters. The molecule has 100 valence electrons. The van der Waals surface area contributed by atoms with Gasteiger partial charge in [0.05, 0.1) is 29.3 Å². The molecule has 7 heteroatoms. The second-order valence-electron chi connectivity index (χ2n) is 4.14. The summed E-state index contributed by atoms with van der Waals surface area (Å²) in [6.45, 7) is 1.93. The number of aromatic nitrogens is 2. The number of nitrogens with zero attached hydrogens (tertiary/aromatic N) is 2. The van der Waals surface area contributed by atoms with E-state index in [4.69, 9.17) is 9.26 Å². The van der Waals surface area contributed by atoms with Gasteiger partial charge in [-0.25, -0.2) is 4.39 Å². The van der Waals surface area contributed by atoms with Crippen LogP contribution >= 0.6 is 15.9 Å². The molecule has 1 saturated heterocycles. The van der Waals surface area contributed by atoms with Crippen LogP contribution in [0.2, 0.25) is 0 Å². The van der Waals surface area contributed by atoms with Crippen molar-refractivity contribution >= 4 is 15.9 Å². The molecule has 0 radical (unpaired) electrons. The van der Waals surface area contributed by atoms with Crippen molar-refractivity contribution in [3.05, 3.63) is 34.3 Å². The molecule has 0 aliphatic carbocycles. The summed E-state index contributed by atoms with van der Waals surface area (Å²) < 4.78 is 24.3. The second-order valence-corrected chi connectivity index (χ2v) is 4.93. The second kappa shape index (κ2) is 5.36. The number of benzene rings is 1. The van der Waals surface area contributed by atoms with Gasteiger partial charge in [0.25, 0.3) is 5.89 Å². The predicted molar refractivity (Wildman–Crippen MR) is 69.0 cm³/mol. The summed E-state index contributed by atoms with van der Waals surface area (Å²) in [6.07, 6.45) is 0. The Hall–Kier alpha value is -1.31. The molecular weight excluding hydrogens is 317 g/mol. The minimum atomic E-state index is -0.364. The van der Waals surface area contributed by atoms with E-state index >= 15 is 0 Å². The smallest absolute Gasteiger partial charge is 0.259 e. The molecular formula is C12H11BrFN3O2. The molecule has 1 N–H and O–H groups in total. The first-order chi connectivity index (χ1) is 9.25. The molecule has 1 atom stereocenters. The molecule has 0 spiro atoms. The van der Waals surface area contributed by atoms with Crippen molar-refractivity contribution in [2.75, 3.05) is 19.8 Å². The Morgan fingerprint density at radius 2 is 2.32 bits per heavy atom. The monoisotopic (exact) mass is 327 g/mol. The van der Waals surface area contributed by atoms with Gasteiger partial charge in [0.1, 0.15) is 5.82 Å². The molecule has 1 fully saturated rings. The van der Waals surface area contributed by atoms with Gasteiger partial charge in [0.2, 0.25) is 0 Å². The van der Waals surface area contributed by atoms with Gasteiger partial charge in [-0.2, -0.15) is 4.98 Å². The summed E-state index contributed by atoms with van der Waals surface area (Å²) in [6, 6.07) is 4.59. The Morgan fingerprint density at radius 1 is 1.42 bits per heavy atom. The lowest BCUT2D eigenvalue weighted by atomic mass is 10.2. The highest BCUT2D eigenvalue weighted by Crippen LogP contribution is 2.29. The first-order valence-electron chi connectivity index (χ1n) is 5.85. The quantitative estimate of drug-likeness (QED) is 0.917. The van der Waals surface area contributed by atoms with Crippen LogP contribution in [-0.4, -0.2) is 29.9 Å². The van der Waals surface area contributed by atoms with Crippen molar-refractivity contribution in [3.63, 3.8) is 0 Å². The van der Waals surface area contributed by atoms with E-state index in [1.807, 2.05) is 0 Å². The van der Waals surface area contributed by atoms with Crippen molar-refractivity contribution in [1.29, 1.82) is 0 Å². The molecule has 0 bridgehead atoms. The average Bonchev–Trinajstić information content (AvgIpc) is 2.92. The van der Waals surface area contributed by atoms with E-state index in [9.17, 15) is 4.39 Å². The third-order valence-corrected chi connectivity index (χ3v) is 3.66. The molecule has 19 heavy (non-hydrogen) atoms. The molecule has 0 amide bonds. The summed E-state index contributed by atoms with van der Waals surface area (Å²) in [4.78, 5) is 4.29. The van der Waals surface area contributed by atoms with E-state index in [-0.39, 0.29) is 17.7 Å². The SMILES string of the molecule is Fc1cccc(-c2nc(C3COCCN3)no2)c1Br. The van der Waals surface area contributed by atoms with Crippen molar-refractivity contribution in [2.45, 2.75) is 6.04 Å². The van der Waals surface area contributed by atoms with Gasteiger partial charge in [-0.1, -0.05) is 11.2 Å². The minimum absolute atomic E-state index is 0.0846. The standard InChI is InChI=1S/C12H11BrFN3O2/c13-10-7(2-1-3-8(10)14)12-16-11(17-19-12)9-6-18-5-4-15-9/h1-3,9,15H,4-6H2. The Labute approximate surface area is 117 Å². The zero-order chi connectivity index (χ0) is 13.2. The molecule has 1 aliphatic rings. The summed E-state index contributed by atoms with van der Waals surface area (Å²) >= 11 is 3.18. The third-order valence-electron chi connectivity index (χ3n) is 2.86. The highest BCUT2D eigenvalue weighted by Gasteiger charge is 2.22. The fourth-order valence-corrected chi connectivity index (χ4v) is 2.32. The number of rotatable bonds is 2. The van der Waals surface area contributed by atoms with E-state index in [2.05, 4.69) is 31.4 Å². The maximum Gasteiger partial charge on any atom is 0.259 e. The topological polar surface area (TPSA) is 60.2 Å². The summed E-state index contributed by atoms with van der Waals surface area (Å²) in [5.41, 5.74) is 0.537. The van der Waals surface area contributed by atoms with Crippen LogP contribution in [0.15, 0.2) is 27.2 Å². The van der Waals surface area contributed by atoms with E-state index in [0.717, 1.165) is 6.54 Å². The van der Waals surface area contributed by atoms with Gasteiger partial charge in [-0.3, -0.25) is 0 Å². The van der Waals surface area contributed by atoms with Crippen LogP contribution in [-0.2, 0) is 4.74 Å². The van der Waals surface area contributed by atoms with E-state index < -0.39 is 0 Å². The lowest BCUT2D eigenvalue weighted by Gasteiger charge is -2.20. The Balaban J connectivity index is 1.90. The Kier molecular flexibility index (Phi) is 3.58. The zero-order valence-corrected chi connectivity index (χ0v) is 11.5. The van der Waals surface area contributed by atoms with Crippen molar-refractivity contribution < 1.29 is 13.7 Å². The first-order valence-corrected chi connectivity index (χ1v) is 6.64. The number of morpholine rings is 1. The fourth-order valence-electron chi connectivity index (χ4n) is 1.89.